The third-order valence-electron chi connectivity index (χ3n) is 3.04. The Labute approximate surface area is 99.4 Å². The van der Waals surface area contributed by atoms with Gasteiger partial charge in [-0.05, 0) is 47.8 Å². The normalized spacial score (nSPS) is 18.7. The minimum Gasteiger partial charge on any atom is -0.317 e. The fourth-order valence-corrected chi connectivity index (χ4v) is 3.00. The van der Waals surface area contributed by atoms with Gasteiger partial charge in [-0.3, -0.25) is 4.68 Å². The molecule has 3 nitrogen and oxygen atoms in total. The van der Waals surface area contributed by atoms with Crippen LogP contribution >= 0.6 is 15.9 Å². The van der Waals surface area contributed by atoms with E-state index in [2.05, 4.69) is 44.9 Å². The fourth-order valence-electron chi connectivity index (χ4n) is 2.05. The monoisotopic (exact) mass is 271 g/mol. The van der Waals surface area contributed by atoms with Crippen LogP contribution in [-0.2, 0) is 0 Å². The maximum Gasteiger partial charge on any atom is 0.107 e. The van der Waals surface area contributed by atoms with Crippen molar-refractivity contribution in [3.05, 3.63) is 16.4 Å². The lowest BCUT2D eigenvalue weighted by atomic mass is 10.1. The molecule has 1 fully saturated rings. The summed E-state index contributed by atoms with van der Waals surface area (Å²) in [6.07, 6.45) is 4.35. The van der Waals surface area contributed by atoms with Gasteiger partial charge in [-0.1, -0.05) is 13.8 Å². The van der Waals surface area contributed by atoms with Crippen LogP contribution in [0.3, 0.4) is 0 Å². The van der Waals surface area contributed by atoms with Gasteiger partial charge in [0.25, 0.3) is 0 Å². The molecule has 2 heterocycles. The average Bonchev–Trinajstić information content (AvgIpc) is 2.61. The van der Waals surface area contributed by atoms with E-state index in [9.17, 15) is 0 Å². The zero-order valence-electron chi connectivity index (χ0n) is 9.33. The van der Waals surface area contributed by atoms with E-state index in [1.54, 1.807) is 0 Å². The number of rotatable bonds is 2. The second kappa shape index (κ2) is 4.66. The van der Waals surface area contributed by atoms with Gasteiger partial charge in [0.15, 0.2) is 0 Å². The lowest BCUT2D eigenvalue weighted by molar-refractivity contribution is 0.338. The van der Waals surface area contributed by atoms with E-state index in [-0.39, 0.29) is 0 Å². The first kappa shape index (κ1) is 11.1. The van der Waals surface area contributed by atoms with Crippen molar-refractivity contribution in [2.75, 3.05) is 13.1 Å². The van der Waals surface area contributed by atoms with Crippen LogP contribution in [0.25, 0.3) is 0 Å². The number of piperidine rings is 1. The van der Waals surface area contributed by atoms with E-state index in [4.69, 9.17) is 0 Å². The Balaban J connectivity index is 2.20. The maximum absolute atomic E-state index is 4.50. The molecular formula is C11H18BrN3. The van der Waals surface area contributed by atoms with Crippen LogP contribution < -0.4 is 5.32 Å². The highest BCUT2D eigenvalue weighted by atomic mass is 79.9. The summed E-state index contributed by atoms with van der Waals surface area (Å²) in [5.41, 5.74) is 1.31. The molecule has 84 valence electrons. The van der Waals surface area contributed by atoms with Gasteiger partial charge < -0.3 is 5.32 Å². The summed E-state index contributed by atoms with van der Waals surface area (Å²) >= 11 is 3.67. The fraction of sp³-hybridized carbons (Fsp3) is 0.727. The van der Waals surface area contributed by atoms with Gasteiger partial charge in [-0.15, -0.1) is 0 Å². The summed E-state index contributed by atoms with van der Waals surface area (Å²) in [4.78, 5) is 0. The summed E-state index contributed by atoms with van der Waals surface area (Å²) in [6.45, 7) is 6.62. The molecule has 1 aromatic rings. The van der Waals surface area contributed by atoms with Crippen LogP contribution in [0.5, 0.6) is 0 Å². The van der Waals surface area contributed by atoms with E-state index in [1.165, 1.54) is 23.0 Å². The molecule has 0 unspecified atom stereocenters. The van der Waals surface area contributed by atoms with Crippen molar-refractivity contribution >= 4 is 15.9 Å². The molecular weight excluding hydrogens is 254 g/mol. The number of hydrogen-bond donors (Lipinski definition) is 1. The van der Waals surface area contributed by atoms with Crippen LogP contribution in [0, 0.1) is 0 Å². The van der Waals surface area contributed by atoms with Gasteiger partial charge in [0.2, 0.25) is 0 Å². The van der Waals surface area contributed by atoms with Crippen molar-refractivity contribution in [2.45, 2.75) is 38.6 Å². The molecule has 1 N–H and O–H groups in total. The van der Waals surface area contributed by atoms with Crippen LogP contribution in [0.4, 0.5) is 0 Å². The maximum atomic E-state index is 4.50. The topological polar surface area (TPSA) is 29.9 Å². The number of hydrogen-bond acceptors (Lipinski definition) is 2. The van der Waals surface area contributed by atoms with Crippen LogP contribution in [0.15, 0.2) is 10.8 Å². The highest BCUT2D eigenvalue weighted by molar-refractivity contribution is 9.10. The predicted octanol–water partition coefficient (Wildman–Crippen LogP) is 2.69. The number of halogens is 1. The Morgan fingerprint density at radius 2 is 2.13 bits per heavy atom. The number of nitrogens with zero attached hydrogens (tertiary/aromatic N) is 2. The highest BCUT2D eigenvalue weighted by Crippen LogP contribution is 2.29. The van der Waals surface area contributed by atoms with E-state index >= 15 is 0 Å². The minimum absolute atomic E-state index is 0.537. The first-order chi connectivity index (χ1) is 7.20. The molecule has 0 aliphatic carbocycles. The Kier molecular flexibility index (Phi) is 3.46. The Hall–Kier alpha value is -0.350. The molecule has 4 heteroatoms. The molecule has 1 aliphatic rings. The van der Waals surface area contributed by atoms with Crippen molar-refractivity contribution in [2.24, 2.45) is 0 Å². The lowest BCUT2D eigenvalue weighted by Crippen LogP contribution is -2.30. The van der Waals surface area contributed by atoms with Gasteiger partial charge in [-0.2, -0.15) is 5.10 Å². The lowest BCUT2D eigenvalue weighted by Gasteiger charge is -2.23. The molecule has 1 aromatic heterocycles. The molecule has 2 rings (SSSR count). The predicted molar refractivity (Wildman–Crippen MR) is 65.2 cm³/mol. The third-order valence-corrected chi connectivity index (χ3v) is 3.86. The van der Waals surface area contributed by atoms with Gasteiger partial charge in [0.1, 0.15) is 4.60 Å². The summed E-state index contributed by atoms with van der Waals surface area (Å²) < 4.78 is 3.32. The van der Waals surface area contributed by atoms with E-state index in [0.717, 1.165) is 13.1 Å². The number of nitrogens with one attached hydrogen (secondary N) is 1. The zero-order valence-corrected chi connectivity index (χ0v) is 10.9. The standard InChI is InChI=1S/C11H18BrN3/c1-8(2)10-7-14-15(11(10)12)9-3-5-13-6-4-9/h7-9,13H,3-6H2,1-2H3. The van der Waals surface area contributed by atoms with E-state index in [1.807, 2.05) is 6.20 Å². The van der Waals surface area contributed by atoms with Crippen molar-refractivity contribution in [1.29, 1.82) is 0 Å². The van der Waals surface area contributed by atoms with Gasteiger partial charge in [-0.25, -0.2) is 0 Å². The van der Waals surface area contributed by atoms with Gasteiger partial charge in [0, 0.05) is 5.56 Å². The molecule has 15 heavy (non-hydrogen) atoms. The molecule has 0 saturated carbocycles. The Morgan fingerprint density at radius 1 is 1.47 bits per heavy atom. The zero-order chi connectivity index (χ0) is 10.8. The number of aromatic nitrogens is 2. The largest absolute Gasteiger partial charge is 0.317 e. The smallest absolute Gasteiger partial charge is 0.107 e. The molecule has 0 spiro atoms. The van der Waals surface area contributed by atoms with E-state index < -0.39 is 0 Å². The molecule has 0 amide bonds. The minimum atomic E-state index is 0.537. The summed E-state index contributed by atoms with van der Waals surface area (Å²) in [7, 11) is 0. The average molecular weight is 272 g/mol. The molecule has 1 saturated heterocycles. The summed E-state index contributed by atoms with van der Waals surface area (Å²) in [6, 6.07) is 0.563. The third kappa shape index (κ3) is 2.26. The summed E-state index contributed by atoms with van der Waals surface area (Å²) in [5, 5.41) is 7.88. The van der Waals surface area contributed by atoms with Crippen LogP contribution in [0.2, 0.25) is 0 Å². The molecule has 1 aliphatic heterocycles. The van der Waals surface area contributed by atoms with Crippen LogP contribution in [0.1, 0.15) is 44.2 Å². The van der Waals surface area contributed by atoms with Crippen molar-refractivity contribution in [3.8, 4) is 0 Å². The Bertz CT molecular complexity index is 327. The second-order valence-electron chi connectivity index (χ2n) is 4.47. The van der Waals surface area contributed by atoms with Crippen LogP contribution in [-0.4, -0.2) is 22.9 Å². The van der Waals surface area contributed by atoms with Gasteiger partial charge in [0.05, 0.1) is 12.2 Å². The molecule has 0 aromatic carbocycles. The SMILES string of the molecule is CC(C)c1cnn(C2CCNCC2)c1Br. The van der Waals surface area contributed by atoms with Gasteiger partial charge >= 0.3 is 0 Å². The quantitative estimate of drug-likeness (QED) is 0.897. The summed E-state index contributed by atoms with van der Waals surface area (Å²) in [5.74, 6) is 0.537. The first-order valence-corrected chi connectivity index (χ1v) is 6.43. The van der Waals surface area contributed by atoms with E-state index in [0.29, 0.717) is 12.0 Å². The highest BCUT2D eigenvalue weighted by Gasteiger charge is 2.20. The van der Waals surface area contributed by atoms with Crippen molar-refractivity contribution in [1.82, 2.24) is 15.1 Å². The second-order valence-corrected chi connectivity index (χ2v) is 5.22. The molecule has 0 atom stereocenters. The van der Waals surface area contributed by atoms with Crippen molar-refractivity contribution < 1.29 is 0 Å². The first-order valence-electron chi connectivity index (χ1n) is 5.63. The molecule has 0 bridgehead atoms. The Morgan fingerprint density at radius 3 is 2.67 bits per heavy atom. The van der Waals surface area contributed by atoms with Crippen molar-refractivity contribution in [3.63, 3.8) is 0 Å². The molecule has 0 radical (unpaired) electrons.